The van der Waals surface area contributed by atoms with Crippen LogP contribution in [0.25, 0.3) is 0 Å². The lowest BCUT2D eigenvalue weighted by molar-refractivity contribution is -0.118. The van der Waals surface area contributed by atoms with Crippen LogP contribution in [0.1, 0.15) is 14.4 Å². The van der Waals surface area contributed by atoms with Crippen LogP contribution in [-0.4, -0.2) is 48.8 Å². The number of hydrogen-bond donors (Lipinski definition) is 0. The van der Waals surface area contributed by atoms with Crippen molar-refractivity contribution < 1.29 is 38.8 Å². The summed E-state index contributed by atoms with van der Waals surface area (Å²) in [5.74, 6) is 1.73. The third kappa shape index (κ3) is 18.5. The SMILES string of the molecule is C.CC(=O)C1CO1.O=C(/C=C/C=C/C=C/Oc1ccccc1)C1CO1.O=C/C=C/C=C/Oc1ccccc1.[OH-]. The molecule has 2 heterocycles. The summed E-state index contributed by atoms with van der Waals surface area (Å²) < 4.78 is 20.0. The predicted molar refractivity (Wildman–Crippen MR) is 150 cm³/mol. The number of aldehydes is 1. The second-order valence-corrected chi connectivity index (χ2v) is 7.44. The van der Waals surface area contributed by atoms with Gasteiger partial charge in [0.2, 0.25) is 0 Å². The number of carbonyl (C=O) groups is 3. The molecule has 2 aromatic carbocycles. The summed E-state index contributed by atoms with van der Waals surface area (Å²) in [5, 5.41) is 0. The maximum atomic E-state index is 11.2. The Morgan fingerprint density at radius 3 is 1.54 bits per heavy atom. The number of allylic oxidation sites excluding steroid dienone is 7. The molecule has 2 saturated heterocycles. The van der Waals surface area contributed by atoms with E-state index in [1.165, 1.54) is 25.3 Å². The van der Waals surface area contributed by atoms with Crippen molar-refractivity contribution in [3.8, 4) is 11.5 Å². The lowest BCUT2D eigenvalue weighted by atomic mass is 10.3. The topological polar surface area (TPSA) is 125 Å². The maximum absolute atomic E-state index is 11.2. The van der Waals surface area contributed by atoms with Gasteiger partial charge in [0.15, 0.2) is 11.6 Å². The Hall–Kier alpha value is -4.37. The fourth-order valence-electron chi connectivity index (χ4n) is 2.32. The summed E-state index contributed by atoms with van der Waals surface area (Å²) in [5.41, 5.74) is 0. The number of rotatable bonds is 11. The van der Waals surface area contributed by atoms with Gasteiger partial charge in [-0.05, 0) is 55.5 Å². The molecule has 2 atom stereocenters. The van der Waals surface area contributed by atoms with Gasteiger partial charge in [-0.2, -0.15) is 0 Å². The van der Waals surface area contributed by atoms with Gasteiger partial charge in [0.05, 0.1) is 25.7 Å². The lowest BCUT2D eigenvalue weighted by Gasteiger charge is -1.96. The van der Waals surface area contributed by atoms with Crippen LogP contribution in [-0.2, 0) is 23.9 Å². The summed E-state index contributed by atoms with van der Waals surface area (Å²) >= 11 is 0. The molecule has 4 rings (SSSR count). The molecule has 0 amide bonds. The van der Waals surface area contributed by atoms with Crippen LogP contribution >= 0.6 is 0 Å². The molecule has 0 radical (unpaired) electrons. The van der Waals surface area contributed by atoms with Gasteiger partial charge in [-0.3, -0.25) is 14.4 Å². The van der Waals surface area contributed by atoms with Crippen LogP contribution in [0.2, 0.25) is 0 Å². The Kier molecular flexibility index (Phi) is 19.3. The van der Waals surface area contributed by atoms with Gasteiger partial charge in [0.25, 0.3) is 0 Å². The fourth-order valence-corrected chi connectivity index (χ4v) is 2.32. The third-order valence-electron chi connectivity index (χ3n) is 4.38. The van der Waals surface area contributed by atoms with Crippen molar-refractivity contribution >= 4 is 17.9 Å². The zero-order valence-corrected chi connectivity index (χ0v) is 21.0. The smallest absolute Gasteiger partial charge is 0.186 e. The fraction of sp³-hybridized carbons (Fsp3) is 0.194. The number of ether oxygens (including phenoxy) is 4. The van der Waals surface area contributed by atoms with Crippen LogP contribution in [0, 0.1) is 0 Å². The first-order valence-electron chi connectivity index (χ1n) is 11.6. The second kappa shape index (κ2) is 21.7. The van der Waals surface area contributed by atoms with E-state index in [1.54, 1.807) is 42.7 Å². The van der Waals surface area contributed by atoms with Crippen LogP contribution in [0.15, 0.2) is 122 Å². The quantitative estimate of drug-likeness (QED) is 0.123. The van der Waals surface area contributed by atoms with Gasteiger partial charge in [0.1, 0.15) is 30.0 Å². The highest BCUT2D eigenvalue weighted by Crippen LogP contribution is 2.11. The number of benzene rings is 2. The first-order valence-corrected chi connectivity index (χ1v) is 11.6. The van der Waals surface area contributed by atoms with Crippen molar-refractivity contribution in [1.82, 2.24) is 0 Å². The number of para-hydroxylation sites is 2. The minimum absolute atomic E-state index is 0. The van der Waals surface area contributed by atoms with E-state index in [4.69, 9.17) is 14.2 Å². The van der Waals surface area contributed by atoms with Gasteiger partial charge in [0, 0.05) is 0 Å². The molecule has 39 heavy (non-hydrogen) atoms. The predicted octanol–water partition coefficient (Wildman–Crippen LogP) is 5.43. The first-order chi connectivity index (χ1) is 18.1. The number of epoxide rings is 2. The number of hydrogen-bond acceptors (Lipinski definition) is 8. The van der Waals surface area contributed by atoms with Gasteiger partial charge >= 0.3 is 0 Å². The van der Waals surface area contributed by atoms with Crippen molar-refractivity contribution in [3.05, 3.63) is 122 Å². The number of ketones is 2. The Bertz CT molecular complexity index is 1090. The van der Waals surface area contributed by atoms with Crippen LogP contribution in [0.5, 0.6) is 11.5 Å². The van der Waals surface area contributed by atoms with E-state index in [-0.39, 0.29) is 36.7 Å². The van der Waals surface area contributed by atoms with E-state index in [9.17, 15) is 14.4 Å². The van der Waals surface area contributed by atoms with E-state index >= 15 is 0 Å². The zero-order chi connectivity index (χ0) is 26.6. The highest BCUT2D eigenvalue weighted by molar-refractivity contribution is 5.95. The van der Waals surface area contributed by atoms with Crippen LogP contribution in [0.4, 0.5) is 0 Å². The second-order valence-electron chi connectivity index (χ2n) is 7.44. The molecule has 8 nitrogen and oxygen atoms in total. The molecule has 2 aromatic rings. The normalized spacial score (nSPS) is 16.8. The highest BCUT2D eigenvalue weighted by Gasteiger charge is 2.28. The Morgan fingerprint density at radius 1 is 0.718 bits per heavy atom. The number of Topliss-reactive ketones (excluding diaryl/α,β-unsaturated/α-hetero) is 1. The van der Waals surface area contributed by atoms with Crippen molar-refractivity contribution in [2.24, 2.45) is 0 Å². The van der Waals surface area contributed by atoms with Crippen molar-refractivity contribution in [1.29, 1.82) is 0 Å². The van der Waals surface area contributed by atoms with Crippen LogP contribution < -0.4 is 9.47 Å². The summed E-state index contributed by atoms with van der Waals surface area (Å²) in [6.07, 6.45) is 16.8. The molecule has 0 aliphatic carbocycles. The number of carbonyl (C=O) groups excluding carboxylic acids is 3. The standard InChI is InChI=1S/C15H14O3.C11H10O2.C4H6O2.CH4.H2O/c16-14(15-12-18-15)10-6-1-2-7-11-17-13-8-4-3-5-9-13;12-9-5-2-6-10-13-11-7-3-1-4-8-11;1-3(5)4-2-6-4;;/h1-11,15H,12H2;1-10H;4H,2H2,1H3;1H4;1H2/p-1/b2-1+,10-6+,11-7+;5-2+,10-6+;;;. The van der Waals surface area contributed by atoms with Gasteiger partial charge in [-0.15, -0.1) is 0 Å². The molecule has 2 unspecified atom stereocenters. The molecular formula is C31H35O8-. The molecule has 208 valence electrons. The van der Waals surface area contributed by atoms with Gasteiger partial charge in [-0.1, -0.05) is 68.1 Å². The molecule has 0 spiro atoms. The van der Waals surface area contributed by atoms with Crippen LogP contribution in [0.3, 0.4) is 0 Å². The summed E-state index contributed by atoms with van der Waals surface area (Å²) in [6.45, 7) is 2.74. The average Bonchev–Trinajstić information content (AvgIpc) is 3.83. The average molecular weight is 536 g/mol. The molecule has 8 heteroatoms. The highest BCUT2D eigenvalue weighted by atomic mass is 16.6. The van der Waals surface area contributed by atoms with Crippen molar-refractivity contribution in [3.63, 3.8) is 0 Å². The molecular weight excluding hydrogens is 500 g/mol. The zero-order valence-electron chi connectivity index (χ0n) is 21.0. The molecule has 1 N–H and O–H groups in total. The molecule has 0 bridgehead atoms. The third-order valence-corrected chi connectivity index (χ3v) is 4.38. The minimum Gasteiger partial charge on any atom is -0.870 e. The Balaban J connectivity index is 0.000000603. The summed E-state index contributed by atoms with van der Waals surface area (Å²) in [7, 11) is 0. The Morgan fingerprint density at radius 2 is 1.15 bits per heavy atom. The van der Waals surface area contributed by atoms with Crippen molar-refractivity contribution in [2.75, 3.05) is 13.2 Å². The summed E-state index contributed by atoms with van der Waals surface area (Å²) in [6, 6.07) is 18.9. The molecule has 2 aliphatic heterocycles. The van der Waals surface area contributed by atoms with E-state index in [1.807, 2.05) is 60.7 Å². The maximum Gasteiger partial charge on any atom is 0.186 e. The molecule has 2 aliphatic rings. The molecule has 0 saturated carbocycles. The summed E-state index contributed by atoms with van der Waals surface area (Å²) in [4.78, 5) is 31.1. The largest absolute Gasteiger partial charge is 0.870 e. The lowest BCUT2D eigenvalue weighted by Crippen LogP contribution is -2.00. The monoisotopic (exact) mass is 535 g/mol. The van der Waals surface area contributed by atoms with Gasteiger partial charge in [-0.25, -0.2) is 0 Å². The first kappa shape index (κ1) is 34.6. The van der Waals surface area contributed by atoms with E-state index in [2.05, 4.69) is 4.74 Å². The van der Waals surface area contributed by atoms with Crippen molar-refractivity contribution in [2.45, 2.75) is 26.6 Å². The van der Waals surface area contributed by atoms with Gasteiger partial charge < -0.3 is 24.4 Å². The Labute approximate surface area is 229 Å². The van der Waals surface area contributed by atoms with E-state index < -0.39 is 0 Å². The minimum atomic E-state index is -0.202. The van der Waals surface area contributed by atoms with E-state index in [0.717, 1.165) is 11.5 Å². The molecule has 2 fully saturated rings. The van der Waals surface area contributed by atoms with E-state index in [0.29, 0.717) is 19.5 Å². The molecule has 0 aromatic heterocycles.